The Morgan fingerprint density at radius 3 is 2.48 bits per heavy atom. The van der Waals surface area contributed by atoms with Crippen LogP contribution in [0, 0.1) is 0 Å². The second-order valence-electron chi connectivity index (χ2n) is 6.28. The predicted octanol–water partition coefficient (Wildman–Crippen LogP) is 2.63. The summed E-state index contributed by atoms with van der Waals surface area (Å²) in [7, 11) is 0. The van der Waals surface area contributed by atoms with Crippen LogP contribution >= 0.6 is 15.9 Å². The topological polar surface area (TPSA) is 65.8 Å². The fourth-order valence-corrected chi connectivity index (χ4v) is 3.18. The zero-order valence-electron chi connectivity index (χ0n) is 14.9. The van der Waals surface area contributed by atoms with Crippen molar-refractivity contribution in [3.8, 4) is 0 Å². The fourth-order valence-electron chi connectivity index (χ4n) is 2.87. The maximum absolute atomic E-state index is 12.3. The van der Waals surface area contributed by atoms with E-state index < -0.39 is 5.91 Å². The van der Waals surface area contributed by atoms with Crippen molar-refractivity contribution in [3.05, 3.63) is 64.5 Å². The summed E-state index contributed by atoms with van der Waals surface area (Å²) in [6.07, 6.45) is 4.26. The molecule has 7 heteroatoms. The molecule has 142 valence electrons. The zero-order valence-corrected chi connectivity index (χ0v) is 16.5. The van der Waals surface area contributed by atoms with E-state index in [0.29, 0.717) is 17.8 Å². The van der Waals surface area contributed by atoms with Crippen molar-refractivity contribution >= 4 is 33.8 Å². The molecular formula is C20H22BrN3O3. The molecule has 1 aromatic carbocycles. The minimum Gasteiger partial charge on any atom is -0.444 e. The number of halogens is 1. The quantitative estimate of drug-likeness (QED) is 0.763. The Balaban J connectivity index is 1.37. The second-order valence-corrected chi connectivity index (χ2v) is 7.06. The van der Waals surface area contributed by atoms with Crippen LogP contribution in [0.2, 0.25) is 0 Å². The second kappa shape index (κ2) is 9.53. The van der Waals surface area contributed by atoms with Crippen LogP contribution < -0.4 is 5.32 Å². The molecule has 27 heavy (non-hydrogen) atoms. The Morgan fingerprint density at radius 1 is 1.07 bits per heavy atom. The number of hydrogen-bond acceptors (Lipinski definition) is 4. The van der Waals surface area contributed by atoms with Crippen molar-refractivity contribution in [1.29, 1.82) is 0 Å². The van der Waals surface area contributed by atoms with E-state index in [1.807, 2.05) is 18.2 Å². The highest BCUT2D eigenvalue weighted by Crippen LogP contribution is 2.13. The molecule has 1 aliphatic heterocycles. The molecule has 6 nitrogen and oxygen atoms in total. The molecule has 3 rings (SSSR count). The van der Waals surface area contributed by atoms with Gasteiger partial charge in [0.2, 0.25) is 5.91 Å². The van der Waals surface area contributed by atoms with Crippen LogP contribution in [0.1, 0.15) is 16.1 Å². The first-order chi connectivity index (χ1) is 13.1. The largest absolute Gasteiger partial charge is 0.444 e. The number of carbonyl (C=O) groups is 2. The van der Waals surface area contributed by atoms with Crippen molar-refractivity contribution in [3.63, 3.8) is 0 Å². The van der Waals surface area contributed by atoms with Gasteiger partial charge in [0.15, 0.2) is 10.4 Å². The Morgan fingerprint density at radius 2 is 1.81 bits per heavy atom. The molecule has 1 saturated heterocycles. The maximum atomic E-state index is 12.3. The first-order valence-corrected chi connectivity index (χ1v) is 9.66. The molecule has 0 unspecified atom stereocenters. The van der Waals surface area contributed by atoms with Gasteiger partial charge in [0.25, 0.3) is 5.91 Å². The number of amides is 2. The van der Waals surface area contributed by atoms with Crippen molar-refractivity contribution in [1.82, 2.24) is 15.1 Å². The SMILES string of the molecule is O=C(NCC(=O)N1CCN(C/C=C/c2ccccc2)CC1)c1ccc(Br)o1. The summed E-state index contributed by atoms with van der Waals surface area (Å²) in [5, 5.41) is 2.60. The smallest absolute Gasteiger partial charge is 0.287 e. The van der Waals surface area contributed by atoms with Gasteiger partial charge in [-0.05, 0) is 33.6 Å². The summed E-state index contributed by atoms with van der Waals surface area (Å²) in [6, 6.07) is 13.4. The molecule has 0 atom stereocenters. The Labute approximate surface area is 166 Å². The third-order valence-electron chi connectivity index (χ3n) is 4.40. The van der Waals surface area contributed by atoms with Gasteiger partial charge in [-0.3, -0.25) is 14.5 Å². The number of furan rings is 1. The van der Waals surface area contributed by atoms with Gasteiger partial charge < -0.3 is 14.6 Å². The van der Waals surface area contributed by atoms with Gasteiger partial charge in [-0.25, -0.2) is 0 Å². The van der Waals surface area contributed by atoms with Crippen LogP contribution in [0.15, 0.2) is 57.6 Å². The molecular weight excluding hydrogens is 410 g/mol. The predicted molar refractivity (Wildman–Crippen MR) is 107 cm³/mol. The van der Waals surface area contributed by atoms with Gasteiger partial charge in [0.05, 0.1) is 6.54 Å². The first-order valence-electron chi connectivity index (χ1n) is 8.87. The van der Waals surface area contributed by atoms with E-state index in [2.05, 4.69) is 50.4 Å². The Bertz CT molecular complexity index is 796. The molecule has 2 aromatic rings. The van der Waals surface area contributed by atoms with Gasteiger partial charge in [-0.2, -0.15) is 0 Å². The molecule has 0 bridgehead atoms. The summed E-state index contributed by atoms with van der Waals surface area (Å²) in [5.41, 5.74) is 1.19. The van der Waals surface area contributed by atoms with Gasteiger partial charge in [-0.15, -0.1) is 0 Å². The average molecular weight is 432 g/mol. The maximum Gasteiger partial charge on any atom is 0.287 e. The van der Waals surface area contributed by atoms with E-state index in [0.717, 1.165) is 19.6 Å². The number of benzene rings is 1. The van der Waals surface area contributed by atoms with Gasteiger partial charge >= 0.3 is 0 Å². The van der Waals surface area contributed by atoms with Crippen molar-refractivity contribution < 1.29 is 14.0 Å². The van der Waals surface area contributed by atoms with Crippen molar-refractivity contribution in [2.45, 2.75) is 0 Å². The normalized spacial score (nSPS) is 15.2. The third kappa shape index (κ3) is 5.80. The molecule has 0 spiro atoms. The lowest BCUT2D eigenvalue weighted by Crippen LogP contribution is -2.51. The number of piperazine rings is 1. The molecule has 1 aliphatic rings. The highest BCUT2D eigenvalue weighted by molar-refractivity contribution is 9.10. The summed E-state index contributed by atoms with van der Waals surface area (Å²) in [5.74, 6) is -0.281. The minimum atomic E-state index is -0.390. The Hall–Kier alpha value is -2.38. The van der Waals surface area contributed by atoms with E-state index >= 15 is 0 Å². The zero-order chi connectivity index (χ0) is 19.1. The number of rotatable bonds is 6. The van der Waals surface area contributed by atoms with Gasteiger partial charge in [0.1, 0.15) is 0 Å². The highest BCUT2D eigenvalue weighted by Gasteiger charge is 2.21. The molecule has 1 fully saturated rings. The van der Waals surface area contributed by atoms with E-state index in [-0.39, 0.29) is 18.2 Å². The van der Waals surface area contributed by atoms with Crippen LogP contribution in [0.5, 0.6) is 0 Å². The fraction of sp³-hybridized carbons (Fsp3) is 0.300. The average Bonchev–Trinajstić information content (AvgIpc) is 3.14. The monoisotopic (exact) mass is 431 g/mol. The summed E-state index contributed by atoms with van der Waals surface area (Å²) in [6.45, 7) is 3.82. The number of nitrogens with one attached hydrogen (secondary N) is 1. The van der Waals surface area contributed by atoms with Crippen LogP contribution in [-0.2, 0) is 4.79 Å². The lowest BCUT2D eigenvalue weighted by molar-refractivity contribution is -0.131. The molecule has 1 aromatic heterocycles. The van der Waals surface area contributed by atoms with Crippen molar-refractivity contribution in [2.75, 3.05) is 39.3 Å². The van der Waals surface area contributed by atoms with Gasteiger partial charge in [-0.1, -0.05) is 42.5 Å². The van der Waals surface area contributed by atoms with Crippen molar-refractivity contribution in [2.24, 2.45) is 0 Å². The van der Waals surface area contributed by atoms with Gasteiger partial charge in [0, 0.05) is 32.7 Å². The Kier molecular flexibility index (Phi) is 6.84. The summed E-state index contributed by atoms with van der Waals surface area (Å²) in [4.78, 5) is 28.3. The summed E-state index contributed by atoms with van der Waals surface area (Å²) < 4.78 is 5.66. The summed E-state index contributed by atoms with van der Waals surface area (Å²) >= 11 is 3.15. The number of hydrogen-bond donors (Lipinski definition) is 1. The molecule has 2 heterocycles. The minimum absolute atomic E-state index is 0.0228. The first kappa shape index (κ1) is 19.4. The number of carbonyl (C=O) groups excluding carboxylic acids is 2. The van der Waals surface area contributed by atoms with E-state index in [1.165, 1.54) is 5.56 Å². The highest BCUT2D eigenvalue weighted by atomic mass is 79.9. The third-order valence-corrected chi connectivity index (χ3v) is 4.82. The van der Waals surface area contributed by atoms with Crippen LogP contribution in [0.4, 0.5) is 0 Å². The molecule has 0 saturated carbocycles. The molecule has 0 radical (unpaired) electrons. The molecule has 0 aliphatic carbocycles. The van der Waals surface area contributed by atoms with E-state index in [1.54, 1.807) is 17.0 Å². The van der Waals surface area contributed by atoms with E-state index in [9.17, 15) is 9.59 Å². The lowest BCUT2D eigenvalue weighted by atomic mass is 10.2. The molecule has 1 N–H and O–H groups in total. The standard InChI is InChI=1S/C20H22BrN3O3/c21-18-9-8-17(27-18)20(26)22-15-19(25)24-13-11-23(12-14-24)10-4-7-16-5-2-1-3-6-16/h1-9H,10-15H2,(H,22,26)/b7-4+. The van der Waals surface area contributed by atoms with Crippen LogP contribution in [-0.4, -0.2) is 60.9 Å². The molecule has 2 amide bonds. The van der Waals surface area contributed by atoms with Crippen LogP contribution in [0.25, 0.3) is 6.08 Å². The van der Waals surface area contributed by atoms with E-state index in [4.69, 9.17) is 4.42 Å². The lowest BCUT2D eigenvalue weighted by Gasteiger charge is -2.34. The number of nitrogens with zero attached hydrogens (tertiary/aromatic N) is 2. The van der Waals surface area contributed by atoms with Crippen LogP contribution in [0.3, 0.4) is 0 Å².